The molecule has 2 N–H and O–H groups in total. The molecule has 1 aliphatic carbocycles. The summed E-state index contributed by atoms with van der Waals surface area (Å²) < 4.78 is 39.7. The van der Waals surface area contributed by atoms with Gasteiger partial charge >= 0.3 is 6.18 Å². The van der Waals surface area contributed by atoms with Gasteiger partial charge in [-0.3, -0.25) is 4.79 Å². The lowest BCUT2D eigenvalue weighted by Gasteiger charge is -2.40. The van der Waals surface area contributed by atoms with Crippen LogP contribution in [0.4, 0.5) is 18.9 Å². The molecule has 5 nitrogen and oxygen atoms in total. The van der Waals surface area contributed by atoms with Crippen molar-refractivity contribution in [1.29, 1.82) is 5.26 Å². The molecule has 0 aromatic heterocycles. The molecule has 2 saturated heterocycles. The summed E-state index contributed by atoms with van der Waals surface area (Å²) in [5.74, 6) is 0.0729. The van der Waals surface area contributed by atoms with Crippen LogP contribution in [0.2, 0.25) is 0 Å². The largest absolute Gasteiger partial charge is 0.417 e. The summed E-state index contributed by atoms with van der Waals surface area (Å²) >= 11 is 0. The molecular weight excluding hydrogens is 405 g/mol. The Labute approximate surface area is 174 Å². The van der Waals surface area contributed by atoms with Gasteiger partial charge < -0.3 is 15.5 Å². The molecule has 1 aromatic rings. The van der Waals surface area contributed by atoms with Gasteiger partial charge in [0, 0.05) is 31.4 Å². The van der Waals surface area contributed by atoms with Crippen LogP contribution in [0.1, 0.15) is 43.2 Å². The third kappa shape index (κ3) is 4.62. The van der Waals surface area contributed by atoms with Crippen LogP contribution in [0.25, 0.3) is 0 Å². The van der Waals surface area contributed by atoms with E-state index >= 15 is 0 Å². The van der Waals surface area contributed by atoms with Gasteiger partial charge in [-0.2, -0.15) is 18.4 Å². The van der Waals surface area contributed by atoms with Crippen LogP contribution in [0.5, 0.6) is 0 Å². The molecule has 2 aliphatic heterocycles. The number of benzene rings is 1. The fraction of sp³-hybridized carbons (Fsp3) is 0.600. The molecule has 0 bridgehead atoms. The number of amides is 1. The van der Waals surface area contributed by atoms with Gasteiger partial charge in [0.05, 0.1) is 23.2 Å². The van der Waals surface area contributed by atoms with E-state index in [0.29, 0.717) is 24.8 Å². The Hall–Kier alpha value is -1.98. The van der Waals surface area contributed by atoms with Crippen molar-refractivity contribution >= 4 is 24.0 Å². The van der Waals surface area contributed by atoms with Crippen molar-refractivity contribution in [3.05, 3.63) is 29.3 Å². The first kappa shape index (κ1) is 21.7. The molecular formula is C20H24ClF3N4O. The van der Waals surface area contributed by atoms with Crippen molar-refractivity contribution < 1.29 is 18.0 Å². The zero-order valence-corrected chi connectivity index (χ0v) is 16.7. The van der Waals surface area contributed by atoms with E-state index < -0.39 is 11.7 Å². The van der Waals surface area contributed by atoms with Gasteiger partial charge in [-0.1, -0.05) is 0 Å². The summed E-state index contributed by atoms with van der Waals surface area (Å²) in [6.45, 7) is 2.05. The van der Waals surface area contributed by atoms with Crippen molar-refractivity contribution in [3.63, 3.8) is 0 Å². The minimum atomic E-state index is -4.55. The minimum absolute atomic E-state index is 0. The molecule has 4 rings (SSSR count). The SMILES string of the molecule is Cl.N#Cc1ccc(N2CCC3(CC2)CNC(C(=O)NC2CC2)C3)cc1C(F)(F)F. The Morgan fingerprint density at radius 3 is 2.55 bits per heavy atom. The quantitative estimate of drug-likeness (QED) is 0.775. The second kappa shape index (κ2) is 8.04. The first-order valence-electron chi connectivity index (χ1n) is 9.70. The van der Waals surface area contributed by atoms with Gasteiger partial charge in [-0.15, -0.1) is 12.4 Å². The Bertz CT molecular complexity index is 811. The summed E-state index contributed by atoms with van der Waals surface area (Å²) in [6.07, 6.45) is 0.00538. The van der Waals surface area contributed by atoms with Gasteiger partial charge in [0.1, 0.15) is 0 Å². The van der Waals surface area contributed by atoms with Crippen LogP contribution < -0.4 is 15.5 Å². The van der Waals surface area contributed by atoms with Gasteiger partial charge in [0.25, 0.3) is 0 Å². The number of anilines is 1. The van der Waals surface area contributed by atoms with Crippen molar-refractivity contribution in [2.75, 3.05) is 24.5 Å². The van der Waals surface area contributed by atoms with Crippen LogP contribution in [0.15, 0.2) is 18.2 Å². The zero-order chi connectivity index (χ0) is 19.9. The maximum Gasteiger partial charge on any atom is 0.417 e. The number of piperidine rings is 1. The number of alkyl halides is 3. The summed E-state index contributed by atoms with van der Waals surface area (Å²) in [5, 5.41) is 15.3. The molecule has 3 fully saturated rings. The van der Waals surface area contributed by atoms with Gasteiger partial charge in [0.2, 0.25) is 5.91 Å². The van der Waals surface area contributed by atoms with Gasteiger partial charge in [-0.25, -0.2) is 0 Å². The van der Waals surface area contributed by atoms with E-state index in [0.717, 1.165) is 44.7 Å². The Balaban J connectivity index is 0.00000240. The minimum Gasteiger partial charge on any atom is -0.371 e. The number of halogens is 4. The third-order valence-corrected chi connectivity index (χ3v) is 6.22. The first-order valence-corrected chi connectivity index (χ1v) is 9.70. The number of nitrogens with zero attached hydrogens (tertiary/aromatic N) is 2. The lowest BCUT2D eigenvalue weighted by Crippen LogP contribution is -2.41. The predicted octanol–water partition coefficient (Wildman–Crippen LogP) is 3.23. The number of nitriles is 1. The molecule has 2 heterocycles. The molecule has 1 atom stereocenters. The molecule has 1 spiro atoms. The second-order valence-corrected chi connectivity index (χ2v) is 8.25. The number of rotatable bonds is 3. The van der Waals surface area contributed by atoms with E-state index in [9.17, 15) is 18.0 Å². The number of hydrogen-bond donors (Lipinski definition) is 2. The van der Waals surface area contributed by atoms with Crippen molar-refractivity contribution in [3.8, 4) is 6.07 Å². The zero-order valence-electron chi connectivity index (χ0n) is 15.9. The monoisotopic (exact) mass is 428 g/mol. The lowest BCUT2D eigenvalue weighted by atomic mass is 9.76. The molecule has 1 amide bonds. The highest BCUT2D eigenvalue weighted by molar-refractivity contribution is 5.85. The fourth-order valence-electron chi connectivity index (χ4n) is 4.31. The third-order valence-electron chi connectivity index (χ3n) is 6.22. The maximum atomic E-state index is 13.2. The highest BCUT2D eigenvalue weighted by Crippen LogP contribution is 2.41. The van der Waals surface area contributed by atoms with Crippen LogP contribution >= 0.6 is 12.4 Å². The fourth-order valence-corrected chi connectivity index (χ4v) is 4.31. The molecule has 9 heteroatoms. The molecule has 0 radical (unpaired) electrons. The maximum absolute atomic E-state index is 13.2. The molecule has 3 aliphatic rings. The highest BCUT2D eigenvalue weighted by Gasteiger charge is 2.44. The lowest BCUT2D eigenvalue weighted by molar-refractivity contribution is -0.137. The number of carbonyl (C=O) groups is 1. The van der Waals surface area contributed by atoms with Crippen LogP contribution in [-0.2, 0) is 11.0 Å². The topological polar surface area (TPSA) is 68.2 Å². The summed E-state index contributed by atoms with van der Waals surface area (Å²) in [7, 11) is 0. The first-order chi connectivity index (χ1) is 13.3. The van der Waals surface area contributed by atoms with Crippen molar-refractivity contribution in [2.24, 2.45) is 5.41 Å². The van der Waals surface area contributed by atoms with Crippen molar-refractivity contribution in [2.45, 2.75) is 50.4 Å². The van der Waals surface area contributed by atoms with E-state index in [1.807, 2.05) is 4.90 Å². The molecule has 29 heavy (non-hydrogen) atoms. The predicted molar refractivity (Wildman–Crippen MR) is 105 cm³/mol. The standard InChI is InChI=1S/C20H23F3N4O.ClH/c21-20(22,23)16-9-15(4-1-13(16)11-24)27-7-5-19(6-8-27)10-17(25-12-19)18(28)26-14-2-3-14;/h1,4,9,14,17,25H,2-3,5-8,10,12H2,(H,26,28);1H. The average molecular weight is 429 g/mol. The Morgan fingerprint density at radius 2 is 1.97 bits per heavy atom. The summed E-state index contributed by atoms with van der Waals surface area (Å²) in [5.41, 5.74) is -0.710. The highest BCUT2D eigenvalue weighted by atomic mass is 35.5. The molecule has 1 saturated carbocycles. The van der Waals surface area contributed by atoms with E-state index in [2.05, 4.69) is 10.6 Å². The van der Waals surface area contributed by atoms with Crippen LogP contribution in [0, 0.1) is 16.7 Å². The van der Waals surface area contributed by atoms with E-state index in [4.69, 9.17) is 5.26 Å². The van der Waals surface area contributed by atoms with Crippen molar-refractivity contribution in [1.82, 2.24) is 10.6 Å². The van der Waals surface area contributed by atoms with E-state index in [1.165, 1.54) is 6.07 Å². The summed E-state index contributed by atoms with van der Waals surface area (Å²) in [4.78, 5) is 14.2. The van der Waals surface area contributed by atoms with Crippen LogP contribution in [0.3, 0.4) is 0 Å². The smallest absolute Gasteiger partial charge is 0.371 e. The second-order valence-electron chi connectivity index (χ2n) is 8.25. The van der Waals surface area contributed by atoms with Gasteiger partial charge in [-0.05, 0) is 55.7 Å². The molecule has 1 aromatic carbocycles. The average Bonchev–Trinajstić information content (AvgIpc) is 3.39. The number of carbonyl (C=O) groups excluding carboxylic acids is 1. The van der Waals surface area contributed by atoms with Gasteiger partial charge in [0.15, 0.2) is 0 Å². The number of hydrogen-bond acceptors (Lipinski definition) is 4. The normalized spacial score (nSPS) is 23.4. The van der Waals surface area contributed by atoms with E-state index in [1.54, 1.807) is 12.1 Å². The molecule has 1 unspecified atom stereocenters. The summed E-state index contributed by atoms with van der Waals surface area (Å²) in [6, 6.07) is 5.71. The van der Waals surface area contributed by atoms with Crippen LogP contribution in [-0.4, -0.2) is 37.6 Å². The van der Waals surface area contributed by atoms with E-state index in [-0.39, 0.29) is 35.3 Å². The Morgan fingerprint density at radius 1 is 1.28 bits per heavy atom. The molecule has 158 valence electrons. The Kier molecular flexibility index (Phi) is 6.02. The number of nitrogens with one attached hydrogen (secondary N) is 2.